The predicted octanol–water partition coefficient (Wildman–Crippen LogP) is 0.829. The van der Waals surface area contributed by atoms with E-state index in [4.69, 9.17) is 0 Å². The van der Waals surface area contributed by atoms with E-state index in [1.165, 1.54) is 25.8 Å². The van der Waals surface area contributed by atoms with Crippen molar-refractivity contribution in [3.8, 4) is 0 Å². The van der Waals surface area contributed by atoms with Crippen molar-refractivity contribution >= 4 is 11.7 Å². The van der Waals surface area contributed by atoms with Crippen LogP contribution in [0.15, 0.2) is 12.1 Å². The van der Waals surface area contributed by atoms with Crippen LogP contribution in [0.3, 0.4) is 0 Å². The van der Waals surface area contributed by atoms with Gasteiger partial charge in [0.25, 0.3) is 5.91 Å². The molecule has 0 bridgehead atoms. The molecule has 2 fully saturated rings. The molecule has 0 radical (unpaired) electrons. The van der Waals surface area contributed by atoms with Crippen molar-refractivity contribution in [1.82, 2.24) is 20.0 Å². The number of piperazine rings is 1. The van der Waals surface area contributed by atoms with E-state index in [2.05, 4.69) is 20.4 Å². The molecule has 2 saturated heterocycles. The number of anilines is 1. The summed E-state index contributed by atoms with van der Waals surface area (Å²) in [6.45, 7) is 3.79. The van der Waals surface area contributed by atoms with Gasteiger partial charge in [-0.25, -0.2) is 0 Å². The fourth-order valence-electron chi connectivity index (χ4n) is 3.08. The largest absolute Gasteiger partial charge is 0.372 e. The molecule has 3 rings (SSSR count). The van der Waals surface area contributed by atoms with Gasteiger partial charge >= 0.3 is 0 Å². The minimum atomic E-state index is 0.00498. The van der Waals surface area contributed by atoms with Crippen molar-refractivity contribution in [2.75, 3.05) is 38.5 Å². The van der Waals surface area contributed by atoms with Crippen molar-refractivity contribution in [3.63, 3.8) is 0 Å². The molecule has 1 amide bonds. The third kappa shape index (κ3) is 2.60. The highest BCUT2D eigenvalue weighted by Crippen LogP contribution is 2.21. The molecule has 6 heteroatoms. The molecule has 1 N–H and O–H groups in total. The van der Waals surface area contributed by atoms with E-state index in [0.29, 0.717) is 17.6 Å². The topological polar surface area (TPSA) is 61.4 Å². The molecule has 1 unspecified atom stereocenters. The average Bonchev–Trinajstić information content (AvgIpc) is 2.54. The molecule has 1 aromatic heterocycles. The van der Waals surface area contributed by atoms with E-state index in [1.807, 2.05) is 4.90 Å². The second-order valence-electron chi connectivity index (χ2n) is 5.49. The van der Waals surface area contributed by atoms with Gasteiger partial charge in [-0.1, -0.05) is 6.42 Å². The quantitative estimate of drug-likeness (QED) is 0.866. The van der Waals surface area contributed by atoms with E-state index in [1.54, 1.807) is 19.2 Å². The molecule has 0 spiro atoms. The number of carbonyl (C=O) groups is 1. The van der Waals surface area contributed by atoms with E-state index >= 15 is 0 Å². The van der Waals surface area contributed by atoms with Crippen molar-refractivity contribution in [2.24, 2.45) is 0 Å². The molecule has 20 heavy (non-hydrogen) atoms. The SMILES string of the molecule is CNc1ccc(C(=O)N2CCN3CCCCC3C2)nn1. The molecule has 3 heterocycles. The van der Waals surface area contributed by atoms with Gasteiger partial charge in [0.15, 0.2) is 5.69 Å². The summed E-state index contributed by atoms with van der Waals surface area (Å²) in [5, 5.41) is 10.9. The Morgan fingerprint density at radius 2 is 2.15 bits per heavy atom. The van der Waals surface area contributed by atoms with E-state index in [0.717, 1.165) is 19.6 Å². The standard InChI is InChI=1S/C14H21N5O/c1-15-13-6-5-12(16-17-13)14(20)19-9-8-18-7-3-2-4-11(18)10-19/h5-6,11H,2-4,7-10H2,1H3,(H,15,17). The second-order valence-corrected chi connectivity index (χ2v) is 5.49. The zero-order chi connectivity index (χ0) is 13.9. The van der Waals surface area contributed by atoms with Crippen molar-refractivity contribution in [2.45, 2.75) is 25.3 Å². The summed E-state index contributed by atoms with van der Waals surface area (Å²) in [5.74, 6) is 0.684. The number of carbonyl (C=O) groups excluding carboxylic acids is 1. The number of fused-ring (bicyclic) bond motifs is 1. The molecule has 0 aliphatic carbocycles. The van der Waals surface area contributed by atoms with Gasteiger partial charge in [-0.2, -0.15) is 0 Å². The maximum Gasteiger partial charge on any atom is 0.274 e. The van der Waals surface area contributed by atoms with Gasteiger partial charge in [0.1, 0.15) is 5.82 Å². The maximum atomic E-state index is 12.5. The number of aromatic nitrogens is 2. The number of piperidine rings is 1. The average molecular weight is 275 g/mol. The Hall–Kier alpha value is -1.69. The Morgan fingerprint density at radius 3 is 2.90 bits per heavy atom. The first-order valence-electron chi connectivity index (χ1n) is 7.33. The van der Waals surface area contributed by atoms with E-state index in [9.17, 15) is 4.79 Å². The Labute approximate surface area is 119 Å². The van der Waals surface area contributed by atoms with Crippen molar-refractivity contribution in [3.05, 3.63) is 17.8 Å². The van der Waals surface area contributed by atoms with Crippen LogP contribution in [0.5, 0.6) is 0 Å². The first-order valence-corrected chi connectivity index (χ1v) is 7.33. The maximum absolute atomic E-state index is 12.5. The Morgan fingerprint density at radius 1 is 1.25 bits per heavy atom. The first-order chi connectivity index (χ1) is 9.78. The van der Waals surface area contributed by atoms with Crippen molar-refractivity contribution in [1.29, 1.82) is 0 Å². The zero-order valence-corrected chi connectivity index (χ0v) is 11.9. The number of hydrogen-bond donors (Lipinski definition) is 1. The van der Waals surface area contributed by atoms with Gasteiger partial charge in [-0.15, -0.1) is 10.2 Å². The normalized spacial score (nSPS) is 23.2. The van der Waals surface area contributed by atoms with Crippen LogP contribution in [0.4, 0.5) is 5.82 Å². The molecule has 108 valence electrons. The van der Waals surface area contributed by atoms with Crippen LogP contribution < -0.4 is 5.32 Å². The lowest BCUT2D eigenvalue weighted by Gasteiger charge is -2.43. The lowest BCUT2D eigenvalue weighted by molar-refractivity contribution is 0.0367. The van der Waals surface area contributed by atoms with Crippen LogP contribution in [0, 0.1) is 0 Å². The lowest BCUT2D eigenvalue weighted by Crippen LogP contribution is -2.56. The molecule has 0 aromatic carbocycles. The van der Waals surface area contributed by atoms with Crippen LogP contribution in [0.2, 0.25) is 0 Å². The minimum absolute atomic E-state index is 0.00498. The summed E-state index contributed by atoms with van der Waals surface area (Å²) in [6.07, 6.45) is 3.77. The molecule has 2 aliphatic rings. The number of nitrogens with one attached hydrogen (secondary N) is 1. The van der Waals surface area contributed by atoms with Crippen LogP contribution in [0.25, 0.3) is 0 Å². The lowest BCUT2D eigenvalue weighted by atomic mass is 9.99. The van der Waals surface area contributed by atoms with Gasteiger partial charge < -0.3 is 10.2 Å². The van der Waals surface area contributed by atoms with Gasteiger partial charge in [0.05, 0.1) is 0 Å². The molecule has 1 atom stereocenters. The van der Waals surface area contributed by atoms with Crippen LogP contribution >= 0.6 is 0 Å². The van der Waals surface area contributed by atoms with E-state index in [-0.39, 0.29) is 5.91 Å². The predicted molar refractivity (Wildman–Crippen MR) is 76.7 cm³/mol. The Kier molecular flexibility index (Phi) is 3.82. The van der Waals surface area contributed by atoms with Gasteiger partial charge in [-0.3, -0.25) is 9.69 Å². The Bertz CT molecular complexity index is 475. The summed E-state index contributed by atoms with van der Waals surface area (Å²) < 4.78 is 0. The molecule has 1 aromatic rings. The number of amides is 1. The summed E-state index contributed by atoms with van der Waals surface area (Å²) >= 11 is 0. The van der Waals surface area contributed by atoms with Crippen molar-refractivity contribution < 1.29 is 4.79 Å². The fraction of sp³-hybridized carbons (Fsp3) is 0.643. The molecule has 2 aliphatic heterocycles. The highest BCUT2D eigenvalue weighted by molar-refractivity contribution is 5.92. The van der Waals surface area contributed by atoms with Gasteiger partial charge in [0.2, 0.25) is 0 Å². The summed E-state index contributed by atoms with van der Waals surface area (Å²) in [4.78, 5) is 16.9. The number of nitrogens with zero attached hydrogens (tertiary/aromatic N) is 4. The van der Waals surface area contributed by atoms with Crippen LogP contribution in [-0.2, 0) is 0 Å². The molecular formula is C14H21N5O. The summed E-state index contributed by atoms with van der Waals surface area (Å²) in [7, 11) is 1.79. The third-order valence-electron chi connectivity index (χ3n) is 4.26. The highest BCUT2D eigenvalue weighted by atomic mass is 16.2. The third-order valence-corrected chi connectivity index (χ3v) is 4.26. The molecule has 0 saturated carbocycles. The van der Waals surface area contributed by atoms with Crippen LogP contribution in [-0.4, -0.2) is 65.2 Å². The summed E-state index contributed by atoms with van der Waals surface area (Å²) in [6, 6.07) is 4.07. The monoisotopic (exact) mass is 275 g/mol. The Balaban J connectivity index is 1.67. The first kappa shape index (κ1) is 13.3. The molecule has 6 nitrogen and oxygen atoms in total. The molecular weight excluding hydrogens is 254 g/mol. The van der Waals surface area contributed by atoms with Gasteiger partial charge in [0, 0.05) is 32.7 Å². The fourth-order valence-corrected chi connectivity index (χ4v) is 3.08. The smallest absolute Gasteiger partial charge is 0.274 e. The van der Waals surface area contributed by atoms with Crippen LogP contribution in [0.1, 0.15) is 29.8 Å². The summed E-state index contributed by atoms with van der Waals surface area (Å²) in [5.41, 5.74) is 0.438. The number of rotatable bonds is 2. The van der Waals surface area contributed by atoms with Gasteiger partial charge in [-0.05, 0) is 31.5 Å². The van der Waals surface area contributed by atoms with E-state index < -0.39 is 0 Å². The number of hydrogen-bond acceptors (Lipinski definition) is 5. The second kappa shape index (κ2) is 5.75. The highest BCUT2D eigenvalue weighted by Gasteiger charge is 2.31. The zero-order valence-electron chi connectivity index (χ0n) is 11.9. The minimum Gasteiger partial charge on any atom is -0.372 e.